The van der Waals surface area contributed by atoms with Crippen molar-refractivity contribution in [3.63, 3.8) is 0 Å². The SMILES string of the molecule is CCN(CCCNC(=O)[C@H]1CCCN(c2ncnc3c2nc2n3CCCCC2)C1)Cc1ccccc1. The van der Waals surface area contributed by atoms with Crippen molar-refractivity contribution in [1.29, 1.82) is 0 Å². The number of amides is 1. The minimum atomic E-state index is -0.0178. The topological polar surface area (TPSA) is 79.2 Å². The molecule has 4 heterocycles. The smallest absolute Gasteiger partial charge is 0.224 e. The quantitative estimate of drug-likeness (QED) is 0.461. The third-order valence-electron chi connectivity index (χ3n) is 7.61. The fraction of sp³-hybridized carbons (Fsp3) is 0.571. The summed E-state index contributed by atoms with van der Waals surface area (Å²) < 4.78 is 2.28. The average molecular weight is 490 g/mol. The molecule has 1 fully saturated rings. The maximum absolute atomic E-state index is 13.0. The van der Waals surface area contributed by atoms with Gasteiger partial charge in [0.2, 0.25) is 5.91 Å². The molecule has 2 aliphatic heterocycles. The molecule has 1 saturated heterocycles. The van der Waals surface area contributed by atoms with Crippen molar-refractivity contribution < 1.29 is 4.79 Å². The highest BCUT2D eigenvalue weighted by atomic mass is 16.1. The number of nitrogens with zero attached hydrogens (tertiary/aromatic N) is 6. The number of hydrogen-bond donors (Lipinski definition) is 1. The van der Waals surface area contributed by atoms with E-state index in [4.69, 9.17) is 4.98 Å². The molecule has 0 saturated carbocycles. The highest BCUT2D eigenvalue weighted by Gasteiger charge is 2.29. The van der Waals surface area contributed by atoms with E-state index in [1.54, 1.807) is 6.33 Å². The first kappa shape index (κ1) is 24.7. The van der Waals surface area contributed by atoms with E-state index in [9.17, 15) is 4.79 Å². The molecule has 2 aliphatic rings. The van der Waals surface area contributed by atoms with Crippen LogP contribution in [0.2, 0.25) is 0 Å². The van der Waals surface area contributed by atoms with Crippen molar-refractivity contribution in [2.45, 2.75) is 65.0 Å². The summed E-state index contributed by atoms with van der Waals surface area (Å²) in [5.41, 5.74) is 3.17. The zero-order valence-electron chi connectivity index (χ0n) is 21.5. The van der Waals surface area contributed by atoms with E-state index in [0.29, 0.717) is 13.1 Å². The zero-order chi connectivity index (χ0) is 24.7. The van der Waals surface area contributed by atoms with Gasteiger partial charge in [0.15, 0.2) is 17.0 Å². The van der Waals surface area contributed by atoms with E-state index in [2.05, 4.69) is 66.9 Å². The number of carbonyl (C=O) groups excluding carboxylic acids is 1. The number of rotatable bonds is 9. The lowest BCUT2D eigenvalue weighted by Gasteiger charge is -2.32. The zero-order valence-corrected chi connectivity index (χ0v) is 21.5. The predicted octanol–water partition coefficient (Wildman–Crippen LogP) is 3.80. The molecule has 36 heavy (non-hydrogen) atoms. The minimum Gasteiger partial charge on any atom is -0.356 e. The van der Waals surface area contributed by atoms with Gasteiger partial charge in [0, 0.05) is 45.7 Å². The summed E-state index contributed by atoms with van der Waals surface area (Å²) in [4.78, 5) is 31.9. The van der Waals surface area contributed by atoms with Crippen LogP contribution in [0.5, 0.6) is 0 Å². The molecule has 0 bridgehead atoms. The number of benzene rings is 1. The normalized spacial score (nSPS) is 18.3. The van der Waals surface area contributed by atoms with Crippen LogP contribution < -0.4 is 10.2 Å². The van der Waals surface area contributed by atoms with Gasteiger partial charge in [0.1, 0.15) is 12.2 Å². The van der Waals surface area contributed by atoms with Gasteiger partial charge in [0.05, 0.1) is 5.92 Å². The first-order valence-corrected chi connectivity index (χ1v) is 13.7. The molecule has 3 aromatic rings. The van der Waals surface area contributed by atoms with Gasteiger partial charge in [-0.2, -0.15) is 0 Å². The Morgan fingerprint density at radius 2 is 2.00 bits per heavy atom. The van der Waals surface area contributed by atoms with Gasteiger partial charge >= 0.3 is 0 Å². The summed E-state index contributed by atoms with van der Waals surface area (Å²) in [6, 6.07) is 10.6. The highest BCUT2D eigenvalue weighted by molar-refractivity contribution is 5.85. The van der Waals surface area contributed by atoms with Gasteiger partial charge in [-0.05, 0) is 44.2 Å². The Hall–Kier alpha value is -3.00. The molecule has 1 amide bonds. The van der Waals surface area contributed by atoms with E-state index in [1.807, 2.05) is 0 Å². The number of imidazole rings is 1. The van der Waals surface area contributed by atoms with Crippen LogP contribution in [0.3, 0.4) is 0 Å². The second-order valence-corrected chi connectivity index (χ2v) is 10.1. The van der Waals surface area contributed by atoms with Crippen LogP contribution in [0.25, 0.3) is 11.2 Å². The molecule has 8 heteroatoms. The Morgan fingerprint density at radius 3 is 2.86 bits per heavy atom. The lowest BCUT2D eigenvalue weighted by atomic mass is 9.97. The molecule has 8 nitrogen and oxygen atoms in total. The van der Waals surface area contributed by atoms with Crippen LogP contribution in [0.4, 0.5) is 5.82 Å². The number of fused-ring (bicyclic) bond motifs is 3. The number of aromatic nitrogens is 4. The predicted molar refractivity (Wildman–Crippen MR) is 143 cm³/mol. The van der Waals surface area contributed by atoms with E-state index in [1.165, 1.54) is 24.8 Å². The van der Waals surface area contributed by atoms with Crippen LogP contribution in [-0.4, -0.2) is 63.0 Å². The summed E-state index contributed by atoms with van der Waals surface area (Å²) in [7, 11) is 0. The molecular weight excluding hydrogens is 450 g/mol. The minimum absolute atomic E-state index is 0.0178. The maximum atomic E-state index is 13.0. The first-order valence-electron chi connectivity index (χ1n) is 13.7. The van der Waals surface area contributed by atoms with Crippen molar-refractivity contribution in [2.75, 3.05) is 37.6 Å². The van der Waals surface area contributed by atoms with Gasteiger partial charge in [-0.3, -0.25) is 9.69 Å². The van der Waals surface area contributed by atoms with Crippen LogP contribution >= 0.6 is 0 Å². The second kappa shape index (κ2) is 11.8. The van der Waals surface area contributed by atoms with Crippen molar-refractivity contribution in [1.82, 2.24) is 29.7 Å². The summed E-state index contributed by atoms with van der Waals surface area (Å²) in [6.45, 7) is 8.42. The third kappa shape index (κ3) is 5.69. The monoisotopic (exact) mass is 489 g/mol. The summed E-state index contributed by atoms with van der Waals surface area (Å²) in [6.07, 6.45) is 9.12. The molecule has 2 aromatic heterocycles. The summed E-state index contributed by atoms with van der Waals surface area (Å²) in [5.74, 6) is 2.16. The lowest BCUT2D eigenvalue weighted by Crippen LogP contribution is -2.44. The van der Waals surface area contributed by atoms with Crippen LogP contribution in [0.1, 0.15) is 56.8 Å². The largest absolute Gasteiger partial charge is 0.356 e. The van der Waals surface area contributed by atoms with Crippen LogP contribution in [0, 0.1) is 5.92 Å². The molecule has 1 N–H and O–H groups in total. The summed E-state index contributed by atoms with van der Waals surface area (Å²) in [5, 5.41) is 3.21. The number of anilines is 1. The molecule has 5 rings (SSSR count). The highest BCUT2D eigenvalue weighted by Crippen LogP contribution is 2.29. The number of hydrogen-bond acceptors (Lipinski definition) is 6. The van der Waals surface area contributed by atoms with E-state index in [-0.39, 0.29) is 11.8 Å². The van der Waals surface area contributed by atoms with Crippen molar-refractivity contribution in [3.05, 3.63) is 48.0 Å². The Kier molecular flexibility index (Phi) is 8.11. The Bertz CT molecular complexity index is 1150. The molecule has 0 aliphatic carbocycles. The number of carbonyl (C=O) groups is 1. The third-order valence-corrected chi connectivity index (χ3v) is 7.61. The summed E-state index contributed by atoms with van der Waals surface area (Å²) >= 11 is 0. The van der Waals surface area contributed by atoms with E-state index < -0.39 is 0 Å². The maximum Gasteiger partial charge on any atom is 0.224 e. The van der Waals surface area contributed by atoms with Gasteiger partial charge in [-0.1, -0.05) is 43.7 Å². The van der Waals surface area contributed by atoms with Gasteiger partial charge in [-0.15, -0.1) is 0 Å². The molecule has 0 spiro atoms. The molecule has 1 aromatic carbocycles. The standard InChI is InChI=1S/C28H39N7O/c1-2-33(19-22-11-5-3-6-12-22)16-10-15-29-28(36)23-13-9-17-34(20-23)26-25-27(31-21-30-26)35-18-8-4-7-14-24(35)32-25/h3,5-6,11-12,21,23H,2,4,7-10,13-20H2,1H3,(H,29,36)/t23-/m0/s1. The van der Waals surface area contributed by atoms with E-state index in [0.717, 1.165) is 81.2 Å². The molecule has 0 radical (unpaired) electrons. The Balaban J connectivity index is 1.15. The van der Waals surface area contributed by atoms with Gasteiger partial charge in [0.25, 0.3) is 0 Å². The fourth-order valence-electron chi connectivity index (χ4n) is 5.59. The lowest BCUT2D eigenvalue weighted by molar-refractivity contribution is -0.125. The van der Waals surface area contributed by atoms with Crippen LogP contribution in [0.15, 0.2) is 36.7 Å². The van der Waals surface area contributed by atoms with Crippen LogP contribution in [-0.2, 0) is 24.3 Å². The van der Waals surface area contributed by atoms with Crippen molar-refractivity contribution in [2.24, 2.45) is 5.92 Å². The Labute approximate surface area is 214 Å². The van der Waals surface area contributed by atoms with E-state index >= 15 is 0 Å². The fourth-order valence-corrected chi connectivity index (χ4v) is 5.59. The first-order chi connectivity index (χ1) is 17.7. The molecule has 192 valence electrons. The Morgan fingerprint density at radius 1 is 1.11 bits per heavy atom. The van der Waals surface area contributed by atoms with Gasteiger partial charge in [-0.25, -0.2) is 15.0 Å². The van der Waals surface area contributed by atoms with Crippen molar-refractivity contribution in [3.8, 4) is 0 Å². The number of piperidine rings is 1. The second-order valence-electron chi connectivity index (χ2n) is 10.1. The average Bonchev–Trinajstić information content (AvgIpc) is 3.11. The number of aryl methyl sites for hydroxylation is 2. The number of nitrogens with one attached hydrogen (secondary N) is 1. The molecule has 0 unspecified atom stereocenters. The van der Waals surface area contributed by atoms with Crippen molar-refractivity contribution >= 4 is 22.9 Å². The van der Waals surface area contributed by atoms with Gasteiger partial charge < -0.3 is 14.8 Å². The molecular formula is C28H39N7O. The molecule has 1 atom stereocenters.